The molecule has 2 fully saturated rings. The number of likely N-dealkylation sites (N-methyl/N-ethyl adjacent to an activating group) is 1. The van der Waals surface area contributed by atoms with E-state index in [4.69, 9.17) is 4.74 Å². The minimum atomic E-state index is -4.39. The van der Waals surface area contributed by atoms with E-state index < -0.39 is 24.2 Å². The average Bonchev–Trinajstić information content (AvgIpc) is 2.84. The lowest BCUT2D eigenvalue weighted by Gasteiger charge is -2.43. The van der Waals surface area contributed by atoms with E-state index in [-0.39, 0.29) is 18.5 Å². The number of ether oxygens (including phenoxy) is 1. The molecule has 3 atom stereocenters. The molecule has 0 aliphatic carbocycles. The van der Waals surface area contributed by atoms with Gasteiger partial charge in [0.25, 0.3) is 0 Å². The summed E-state index contributed by atoms with van der Waals surface area (Å²) >= 11 is 0. The molecule has 5 nitrogen and oxygen atoms in total. The number of rotatable bonds is 4. The van der Waals surface area contributed by atoms with Crippen molar-refractivity contribution in [3.63, 3.8) is 0 Å². The van der Waals surface area contributed by atoms with E-state index in [0.29, 0.717) is 31.1 Å². The van der Waals surface area contributed by atoms with E-state index in [0.717, 1.165) is 12.8 Å². The van der Waals surface area contributed by atoms with Gasteiger partial charge in [-0.3, -0.25) is 9.69 Å². The standard InChI is InChI=1S/C15H25F3N2O3/c1-14(22)5-7-23-9-11(14)12-4-3-6-20(12)8-13(21)19(2)10-15(16,17)18/h11-12,22H,3-10H2,1-2H3/t11-,12-,14-/m1/s1. The summed E-state index contributed by atoms with van der Waals surface area (Å²) in [6, 6.07) is -0.0338. The van der Waals surface area contributed by atoms with Gasteiger partial charge in [-0.25, -0.2) is 0 Å². The fourth-order valence-corrected chi connectivity index (χ4v) is 3.53. The normalized spacial score (nSPS) is 33.0. The first-order valence-corrected chi connectivity index (χ1v) is 7.95. The number of likely N-dealkylation sites (tertiary alicyclic amines) is 1. The number of alkyl halides is 3. The maximum atomic E-state index is 12.4. The minimum absolute atomic E-state index is 0.0338. The third-order valence-corrected chi connectivity index (χ3v) is 4.91. The van der Waals surface area contributed by atoms with Crippen molar-refractivity contribution in [2.75, 3.05) is 39.9 Å². The van der Waals surface area contributed by atoms with E-state index in [1.807, 2.05) is 4.90 Å². The Morgan fingerprint density at radius 2 is 2.17 bits per heavy atom. The van der Waals surface area contributed by atoms with Gasteiger partial charge in [-0.1, -0.05) is 0 Å². The van der Waals surface area contributed by atoms with Gasteiger partial charge in [-0.05, 0) is 32.7 Å². The van der Waals surface area contributed by atoms with Crippen LogP contribution >= 0.6 is 0 Å². The zero-order chi connectivity index (χ0) is 17.3. The van der Waals surface area contributed by atoms with Gasteiger partial charge in [0.2, 0.25) is 5.91 Å². The number of amides is 1. The maximum Gasteiger partial charge on any atom is 0.406 e. The van der Waals surface area contributed by atoms with Crippen molar-refractivity contribution in [1.82, 2.24) is 9.80 Å². The molecule has 2 heterocycles. The lowest BCUT2D eigenvalue weighted by atomic mass is 9.79. The molecular formula is C15H25F3N2O3. The Hall–Kier alpha value is -0.860. The van der Waals surface area contributed by atoms with E-state index in [1.54, 1.807) is 6.92 Å². The highest BCUT2D eigenvalue weighted by atomic mass is 19.4. The van der Waals surface area contributed by atoms with Gasteiger partial charge in [-0.15, -0.1) is 0 Å². The van der Waals surface area contributed by atoms with Crippen molar-refractivity contribution in [2.24, 2.45) is 5.92 Å². The summed E-state index contributed by atoms with van der Waals surface area (Å²) in [5, 5.41) is 10.6. The van der Waals surface area contributed by atoms with Gasteiger partial charge in [0, 0.05) is 25.6 Å². The average molecular weight is 338 g/mol. The molecule has 0 aromatic heterocycles. The van der Waals surface area contributed by atoms with E-state index in [2.05, 4.69) is 0 Å². The van der Waals surface area contributed by atoms with Gasteiger partial charge in [0.1, 0.15) is 6.54 Å². The Morgan fingerprint density at radius 3 is 2.78 bits per heavy atom. The molecule has 0 saturated carbocycles. The smallest absolute Gasteiger partial charge is 0.390 e. The van der Waals surface area contributed by atoms with Crippen molar-refractivity contribution in [1.29, 1.82) is 0 Å². The second-order valence-electron chi connectivity index (χ2n) is 6.83. The molecular weight excluding hydrogens is 313 g/mol. The van der Waals surface area contributed by atoms with Crippen molar-refractivity contribution < 1.29 is 27.8 Å². The Morgan fingerprint density at radius 1 is 1.48 bits per heavy atom. The molecule has 1 N–H and O–H groups in total. The van der Waals surface area contributed by atoms with Crippen LogP contribution in [0, 0.1) is 5.92 Å². The highest BCUT2D eigenvalue weighted by molar-refractivity contribution is 5.78. The van der Waals surface area contributed by atoms with Crippen LogP contribution in [0.5, 0.6) is 0 Å². The summed E-state index contributed by atoms with van der Waals surface area (Å²) in [5.41, 5.74) is -0.869. The third kappa shape index (κ3) is 4.81. The van der Waals surface area contributed by atoms with Crippen LogP contribution in [0.15, 0.2) is 0 Å². The van der Waals surface area contributed by atoms with Gasteiger partial charge in [0.15, 0.2) is 0 Å². The molecule has 0 aromatic carbocycles. The van der Waals surface area contributed by atoms with Gasteiger partial charge in [0.05, 0.1) is 18.8 Å². The summed E-state index contributed by atoms with van der Waals surface area (Å²) in [4.78, 5) is 14.7. The third-order valence-electron chi connectivity index (χ3n) is 4.91. The van der Waals surface area contributed by atoms with Crippen molar-refractivity contribution in [3.05, 3.63) is 0 Å². The van der Waals surface area contributed by atoms with Crippen LogP contribution in [-0.4, -0.2) is 78.5 Å². The number of hydrogen-bond donors (Lipinski definition) is 1. The molecule has 23 heavy (non-hydrogen) atoms. The molecule has 2 rings (SSSR count). The highest BCUT2D eigenvalue weighted by Gasteiger charge is 2.44. The van der Waals surface area contributed by atoms with Crippen LogP contribution in [-0.2, 0) is 9.53 Å². The molecule has 0 unspecified atom stereocenters. The fraction of sp³-hybridized carbons (Fsp3) is 0.933. The minimum Gasteiger partial charge on any atom is -0.390 e. The van der Waals surface area contributed by atoms with Crippen LogP contribution in [0.25, 0.3) is 0 Å². The summed E-state index contributed by atoms with van der Waals surface area (Å²) in [6.07, 6.45) is -2.17. The van der Waals surface area contributed by atoms with Crippen LogP contribution in [0.2, 0.25) is 0 Å². The van der Waals surface area contributed by atoms with Gasteiger partial charge < -0.3 is 14.7 Å². The van der Waals surface area contributed by atoms with Gasteiger partial charge in [-0.2, -0.15) is 13.2 Å². The lowest BCUT2D eigenvalue weighted by Crippen LogP contribution is -2.54. The molecule has 1 amide bonds. The maximum absolute atomic E-state index is 12.4. The van der Waals surface area contributed by atoms with Crippen LogP contribution < -0.4 is 0 Å². The fourth-order valence-electron chi connectivity index (χ4n) is 3.53. The zero-order valence-electron chi connectivity index (χ0n) is 13.6. The zero-order valence-corrected chi connectivity index (χ0v) is 13.6. The molecule has 134 valence electrons. The van der Waals surface area contributed by atoms with Crippen molar-refractivity contribution in [2.45, 2.75) is 44.0 Å². The molecule has 2 aliphatic heterocycles. The van der Waals surface area contributed by atoms with Crippen LogP contribution in [0.3, 0.4) is 0 Å². The second kappa shape index (κ2) is 6.94. The second-order valence-corrected chi connectivity index (χ2v) is 6.83. The molecule has 2 saturated heterocycles. The first kappa shape index (κ1) is 18.5. The lowest BCUT2D eigenvalue weighted by molar-refractivity contribution is -0.160. The Labute approximate surface area is 134 Å². The first-order chi connectivity index (χ1) is 10.6. The van der Waals surface area contributed by atoms with Crippen molar-refractivity contribution in [3.8, 4) is 0 Å². The Kier molecular flexibility index (Phi) is 5.58. The molecule has 0 spiro atoms. The number of halogens is 3. The molecule has 0 radical (unpaired) electrons. The molecule has 0 aromatic rings. The van der Waals surface area contributed by atoms with Gasteiger partial charge >= 0.3 is 6.18 Å². The number of nitrogens with zero attached hydrogens (tertiary/aromatic N) is 2. The monoisotopic (exact) mass is 338 g/mol. The van der Waals surface area contributed by atoms with Crippen molar-refractivity contribution >= 4 is 5.91 Å². The number of carbonyl (C=O) groups is 1. The first-order valence-electron chi connectivity index (χ1n) is 7.95. The Balaban J connectivity index is 1.97. The predicted octanol–water partition coefficient (Wildman–Crippen LogP) is 1.26. The molecule has 0 bridgehead atoms. The summed E-state index contributed by atoms with van der Waals surface area (Å²) in [5.74, 6) is -0.676. The highest BCUT2D eigenvalue weighted by Crippen LogP contribution is 2.35. The van der Waals surface area contributed by atoms with Crippen LogP contribution in [0.1, 0.15) is 26.2 Å². The number of carbonyl (C=O) groups excluding carboxylic acids is 1. The topological polar surface area (TPSA) is 53.0 Å². The predicted molar refractivity (Wildman–Crippen MR) is 77.8 cm³/mol. The number of hydrogen-bond acceptors (Lipinski definition) is 4. The summed E-state index contributed by atoms with van der Waals surface area (Å²) in [7, 11) is 1.17. The largest absolute Gasteiger partial charge is 0.406 e. The summed E-state index contributed by atoms with van der Waals surface area (Å²) in [6.45, 7) is 2.06. The number of aliphatic hydroxyl groups is 1. The summed E-state index contributed by atoms with van der Waals surface area (Å²) < 4.78 is 42.6. The Bertz CT molecular complexity index is 429. The van der Waals surface area contributed by atoms with E-state index >= 15 is 0 Å². The van der Waals surface area contributed by atoms with Crippen LogP contribution in [0.4, 0.5) is 13.2 Å². The molecule has 2 aliphatic rings. The molecule has 8 heteroatoms. The van der Waals surface area contributed by atoms with E-state index in [1.165, 1.54) is 7.05 Å². The van der Waals surface area contributed by atoms with E-state index in [9.17, 15) is 23.1 Å². The quantitative estimate of drug-likeness (QED) is 0.839. The SMILES string of the molecule is CN(CC(F)(F)F)C(=O)CN1CCC[C@@H]1[C@H]1COCC[C@@]1(C)O.